The topological polar surface area (TPSA) is 81.1 Å². The molecule has 0 unspecified atom stereocenters. The average Bonchev–Trinajstić information content (AvgIpc) is 2.39. The molecule has 5 N–H and O–H groups in total. The maximum Gasteiger partial charge on any atom is 0.250 e. The van der Waals surface area contributed by atoms with Crippen molar-refractivity contribution in [3.8, 4) is 0 Å². The number of carbonyl (C=O) groups excluding carboxylic acids is 1. The van der Waals surface area contributed by atoms with Gasteiger partial charge in [-0.1, -0.05) is 29.8 Å². The smallest absolute Gasteiger partial charge is 0.250 e. The van der Waals surface area contributed by atoms with E-state index in [2.05, 4.69) is 36.5 Å². The SMILES string of the molecule is Cc1ccc(CNc2ccc(N)c(C(N)=O)c2)cc1. The molecule has 0 aromatic heterocycles. The van der Waals surface area contributed by atoms with Crippen LogP contribution in [0.3, 0.4) is 0 Å². The van der Waals surface area contributed by atoms with Gasteiger partial charge in [0.2, 0.25) is 0 Å². The summed E-state index contributed by atoms with van der Waals surface area (Å²) < 4.78 is 0. The van der Waals surface area contributed by atoms with Gasteiger partial charge in [0.15, 0.2) is 0 Å². The first-order chi connectivity index (χ1) is 9.06. The molecule has 0 saturated carbocycles. The van der Waals surface area contributed by atoms with E-state index in [-0.39, 0.29) is 0 Å². The van der Waals surface area contributed by atoms with E-state index in [1.807, 2.05) is 6.07 Å². The maximum atomic E-state index is 11.2. The van der Waals surface area contributed by atoms with Crippen LogP contribution in [0.2, 0.25) is 0 Å². The van der Waals surface area contributed by atoms with Crippen molar-refractivity contribution in [3.63, 3.8) is 0 Å². The van der Waals surface area contributed by atoms with Gasteiger partial charge in [-0.2, -0.15) is 0 Å². The first-order valence-electron chi connectivity index (χ1n) is 6.05. The average molecular weight is 255 g/mol. The van der Waals surface area contributed by atoms with Gasteiger partial charge in [-0.05, 0) is 30.7 Å². The van der Waals surface area contributed by atoms with E-state index >= 15 is 0 Å². The van der Waals surface area contributed by atoms with Crippen molar-refractivity contribution in [2.45, 2.75) is 13.5 Å². The zero-order valence-electron chi connectivity index (χ0n) is 10.8. The van der Waals surface area contributed by atoms with Gasteiger partial charge in [-0.25, -0.2) is 0 Å². The maximum absolute atomic E-state index is 11.2. The largest absolute Gasteiger partial charge is 0.398 e. The molecule has 0 spiro atoms. The Bertz CT molecular complexity index is 591. The Morgan fingerprint density at radius 1 is 1.16 bits per heavy atom. The van der Waals surface area contributed by atoms with Crippen molar-refractivity contribution in [2.75, 3.05) is 11.1 Å². The van der Waals surface area contributed by atoms with Gasteiger partial charge in [0.1, 0.15) is 0 Å². The van der Waals surface area contributed by atoms with Crippen LogP contribution >= 0.6 is 0 Å². The summed E-state index contributed by atoms with van der Waals surface area (Å²) in [5.74, 6) is -0.517. The monoisotopic (exact) mass is 255 g/mol. The summed E-state index contributed by atoms with van der Waals surface area (Å²) in [6, 6.07) is 13.4. The number of aryl methyl sites for hydroxylation is 1. The Morgan fingerprint density at radius 2 is 1.84 bits per heavy atom. The normalized spacial score (nSPS) is 10.2. The molecule has 0 heterocycles. The van der Waals surface area contributed by atoms with Crippen LogP contribution in [-0.4, -0.2) is 5.91 Å². The summed E-state index contributed by atoms with van der Waals surface area (Å²) >= 11 is 0. The number of nitrogen functional groups attached to an aromatic ring is 1. The second-order valence-electron chi connectivity index (χ2n) is 4.51. The minimum absolute atomic E-state index is 0.342. The second kappa shape index (κ2) is 5.44. The van der Waals surface area contributed by atoms with Gasteiger partial charge in [-0.3, -0.25) is 4.79 Å². The number of hydrogen-bond donors (Lipinski definition) is 3. The predicted octanol–water partition coefficient (Wildman–Crippen LogP) is 2.29. The molecular formula is C15H17N3O. The van der Waals surface area contributed by atoms with Crippen LogP contribution in [0.25, 0.3) is 0 Å². The molecule has 0 aliphatic rings. The fourth-order valence-electron chi connectivity index (χ4n) is 1.79. The van der Waals surface area contributed by atoms with E-state index in [0.29, 0.717) is 17.8 Å². The summed E-state index contributed by atoms with van der Waals surface area (Å²) in [6.07, 6.45) is 0. The minimum Gasteiger partial charge on any atom is -0.398 e. The fourth-order valence-corrected chi connectivity index (χ4v) is 1.79. The first kappa shape index (κ1) is 13.0. The van der Waals surface area contributed by atoms with Crippen molar-refractivity contribution in [3.05, 3.63) is 59.2 Å². The number of anilines is 2. The zero-order valence-corrected chi connectivity index (χ0v) is 10.8. The fraction of sp³-hybridized carbons (Fsp3) is 0.133. The summed E-state index contributed by atoms with van der Waals surface area (Å²) in [5, 5.41) is 3.24. The standard InChI is InChI=1S/C15H17N3O/c1-10-2-4-11(5-3-10)9-18-12-6-7-14(16)13(8-12)15(17)19/h2-8,18H,9,16H2,1H3,(H2,17,19). The molecule has 4 heteroatoms. The summed E-state index contributed by atoms with van der Waals surface area (Å²) in [4.78, 5) is 11.2. The lowest BCUT2D eigenvalue weighted by atomic mass is 10.1. The van der Waals surface area contributed by atoms with Gasteiger partial charge in [0.05, 0.1) is 5.56 Å². The molecule has 0 radical (unpaired) electrons. The van der Waals surface area contributed by atoms with E-state index in [1.54, 1.807) is 12.1 Å². The number of carbonyl (C=O) groups is 1. The van der Waals surface area contributed by atoms with E-state index < -0.39 is 5.91 Å². The quantitative estimate of drug-likeness (QED) is 0.733. The lowest BCUT2D eigenvalue weighted by Crippen LogP contribution is -2.14. The number of nitrogens with two attached hydrogens (primary N) is 2. The summed E-state index contributed by atoms with van der Waals surface area (Å²) in [7, 11) is 0. The molecule has 4 nitrogen and oxygen atoms in total. The Hall–Kier alpha value is -2.49. The third-order valence-corrected chi connectivity index (χ3v) is 2.94. The van der Waals surface area contributed by atoms with Crippen LogP contribution in [0, 0.1) is 6.92 Å². The van der Waals surface area contributed by atoms with Crippen LogP contribution < -0.4 is 16.8 Å². The number of primary amides is 1. The van der Waals surface area contributed by atoms with Crippen molar-refractivity contribution in [1.82, 2.24) is 0 Å². The van der Waals surface area contributed by atoms with E-state index in [1.165, 1.54) is 11.1 Å². The lowest BCUT2D eigenvalue weighted by molar-refractivity contribution is 0.100. The number of nitrogens with one attached hydrogen (secondary N) is 1. The van der Waals surface area contributed by atoms with Crippen LogP contribution in [0.1, 0.15) is 21.5 Å². The Balaban J connectivity index is 2.09. The molecule has 0 atom stereocenters. The van der Waals surface area contributed by atoms with Crippen LogP contribution in [0.4, 0.5) is 11.4 Å². The van der Waals surface area contributed by atoms with Crippen LogP contribution in [0.15, 0.2) is 42.5 Å². The second-order valence-corrected chi connectivity index (χ2v) is 4.51. The molecule has 0 fully saturated rings. The molecule has 0 aliphatic heterocycles. The van der Waals surface area contributed by atoms with E-state index in [4.69, 9.17) is 11.5 Å². The number of rotatable bonds is 4. The van der Waals surface area contributed by atoms with Crippen molar-refractivity contribution in [2.24, 2.45) is 5.73 Å². The molecular weight excluding hydrogens is 238 g/mol. The molecule has 1 amide bonds. The first-order valence-corrected chi connectivity index (χ1v) is 6.05. The molecule has 2 aromatic rings. The molecule has 0 aliphatic carbocycles. The summed E-state index contributed by atoms with van der Waals surface area (Å²) in [6.45, 7) is 2.73. The lowest BCUT2D eigenvalue weighted by Gasteiger charge is -2.09. The highest BCUT2D eigenvalue weighted by molar-refractivity contribution is 5.98. The predicted molar refractivity (Wildman–Crippen MR) is 77.9 cm³/mol. The molecule has 0 saturated heterocycles. The highest BCUT2D eigenvalue weighted by Crippen LogP contribution is 2.18. The number of benzene rings is 2. The molecule has 0 bridgehead atoms. The highest BCUT2D eigenvalue weighted by atomic mass is 16.1. The third kappa shape index (κ3) is 3.25. The minimum atomic E-state index is -0.517. The Kier molecular flexibility index (Phi) is 3.71. The van der Waals surface area contributed by atoms with Crippen molar-refractivity contribution in [1.29, 1.82) is 0 Å². The van der Waals surface area contributed by atoms with Crippen LogP contribution in [-0.2, 0) is 6.54 Å². The molecule has 2 aromatic carbocycles. The Morgan fingerprint density at radius 3 is 2.47 bits per heavy atom. The van der Waals surface area contributed by atoms with Gasteiger partial charge in [0, 0.05) is 17.9 Å². The number of amides is 1. The zero-order chi connectivity index (χ0) is 13.8. The van der Waals surface area contributed by atoms with Gasteiger partial charge in [-0.15, -0.1) is 0 Å². The van der Waals surface area contributed by atoms with Gasteiger partial charge in [0.25, 0.3) is 5.91 Å². The number of hydrogen-bond acceptors (Lipinski definition) is 3. The Labute approximate surface area is 112 Å². The van der Waals surface area contributed by atoms with Crippen molar-refractivity contribution >= 4 is 17.3 Å². The molecule has 19 heavy (non-hydrogen) atoms. The summed E-state index contributed by atoms with van der Waals surface area (Å²) in [5.41, 5.74) is 14.9. The van der Waals surface area contributed by atoms with E-state index in [9.17, 15) is 4.79 Å². The molecule has 98 valence electrons. The van der Waals surface area contributed by atoms with Crippen LogP contribution in [0.5, 0.6) is 0 Å². The van der Waals surface area contributed by atoms with Gasteiger partial charge >= 0.3 is 0 Å². The van der Waals surface area contributed by atoms with Gasteiger partial charge < -0.3 is 16.8 Å². The third-order valence-electron chi connectivity index (χ3n) is 2.94. The highest BCUT2D eigenvalue weighted by Gasteiger charge is 2.06. The molecule has 2 rings (SSSR count). The van der Waals surface area contributed by atoms with Crippen molar-refractivity contribution < 1.29 is 4.79 Å². The van der Waals surface area contributed by atoms with E-state index in [0.717, 1.165) is 5.69 Å².